The SMILES string of the molecule is Cc1cnc(C(=O)Nc2cccc3nsnc23)cn1. The van der Waals surface area contributed by atoms with Crippen LogP contribution in [0.5, 0.6) is 0 Å². The molecule has 6 nitrogen and oxygen atoms in total. The zero-order valence-electron chi connectivity index (χ0n) is 9.99. The molecule has 1 N–H and O–H groups in total. The minimum absolute atomic E-state index is 0.269. The fraction of sp³-hybridized carbons (Fsp3) is 0.0833. The van der Waals surface area contributed by atoms with Gasteiger partial charge in [0.15, 0.2) is 0 Å². The van der Waals surface area contributed by atoms with Gasteiger partial charge in [-0.15, -0.1) is 0 Å². The van der Waals surface area contributed by atoms with Gasteiger partial charge in [-0.2, -0.15) is 8.75 Å². The van der Waals surface area contributed by atoms with E-state index in [1.165, 1.54) is 6.20 Å². The maximum absolute atomic E-state index is 12.0. The Labute approximate surface area is 112 Å². The topological polar surface area (TPSA) is 80.7 Å². The predicted molar refractivity (Wildman–Crippen MR) is 72.1 cm³/mol. The molecule has 94 valence electrons. The van der Waals surface area contributed by atoms with Gasteiger partial charge in [-0.05, 0) is 19.1 Å². The molecule has 0 atom stereocenters. The van der Waals surface area contributed by atoms with Crippen LogP contribution in [0.2, 0.25) is 0 Å². The van der Waals surface area contributed by atoms with Crippen molar-refractivity contribution in [1.29, 1.82) is 0 Å². The summed E-state index contributed by atoms with van der Waals surface area (Å²) in [5, 5.41) is 2.77. The van der Waals surface area contributed by atoms with Gasteiger partial charge in [0, 0.05) is 6.20 Å². The predicted octanol–water partition coefficient (Wildman–Crippen LogP) is 2.04. The number of fused-ring (bicyclic) bond motifs is 1. The molecular formula is C12H9N5OS. The number of benzene rings is 1. The van der Waals surface area contributed by atoms with Crippen LogP contribution in [-0.4, -0.2) is 24.6 Å². The van der Waals surface area contributed by atoms with E-state index in [2.05, 4.69) is 24.0 Å². The lowest BCUT2D eigenvalue weighted by atomic mass is 10.2. The first kappa shape index (κ1) is 11.7. The molecule has 3 aromatic rings. The highest BCUT2D eigenvalue weighted by Gasteiger charge is 2.11. The number of nitrogens with one attached hydrogen (secondary N) is 1. The van der Waals surface area contributed by atoms with Crippen LogP contribution in [0, 0.1) is 6.92 Å². The molecule has 0 unspecified atom stereocenters. The highest BCUT2D eigenvalue weighted by Crippen LogP contribution is 2.21. The van der Waals surface area contributed by atoms with Crippen LogP contribution < -0.4 is 5.32 Å². The summed E-state index contributed by atoms with van der Waals surface area (Å²) in [6.45, 7) is 1.82. The number of hydrogen-bond acceptors (Lipinski definition) is 6. The summed E-state index contributed by atoms with van der Waals surface area (Å²) in [5.74, 6) is -0.312. The average Bonchev–Trinajstić information content (AvgIpc) is 2.89. The largest absolute Gasteiger partial charge is 0.319 e. The van der Waals surface area contributed by atoms with Crippen molar-refractivity contribution in [2.24, 2.45) is 0 Å². The molecule has 1 aromatic carbocycles. The Bertz CT molecular complexity index is 737. The summed E-state index contributed by atoms with van der Waals surface area (Å²) in [7, 11) is 0. The smallest absolute Gasteiger partial charge is 0.275 e. The van der Waals surface area contributed by atoms with E-state index in [9.17, 15) is 4.79 Å². The van der Waals surface area contributed by atoms with Crippen LogP contribution in [-0.2, 0) is 0 Å². The van der Waals surface area contributed by atoms with Crippen molar-refractivity contribution < 1.29 is 4.79 Å². The lowest BCUT2D eigenvalue weighted by Crippen LogP contribution is -2.14. The summed E-state index contributed by atoms with van der Waals surface area (Å²) in [5.41, 5.74) is 3.10. The fourth-order valence-electron chi connectivity index (χ4n) is 1.60. The number of aromatic nitrogens is 4. The van der Waals surface area contributed by atoms with E-state index in [1.807, 2.05) is 19.1 Å². The molecule has 7 heteroatoms. The van der Waals surface area contributed by atoms with Crippen molar-refractivity contribution in [3.8, 4) is 0 Å². The van der Waals surface area contributed by atoms with Crippen LogP contribution in [0.3, 0.4) is 0 Å². The normalized spacial score (nSPS) is 10.6. The van der Waals surface area contributed by atoms with E-state index < -0.39 is 0 Å². The Morgan fingerprint density at radius 1 is 1.21 bits per heavy atom. The maximum atomic E-state index is 12.0. The van der Waals surface area contributed by atoms with Gasteiger partial charge in [0.1, 0.15) is 16.7 Å². The molecule has 19 heavy (non-hydrogen) atoms. The summed E-state index contributed by atoms with van der Waals surface area (Å²) >= 11 is 1.11. The van der Waals surface area contributed by atoms with E-state index in [1.54, 1.807) is 12.3 Å². The Kier molecular flexibility index (Phi) is 2.88. The van der Waals surface area contributed by atoms with E-state index in [0.29, 0.717) is 11.2 Å². The van der Waals surface area contributed by atoms with Crippen molar-refractivity contribution in [1.82, 2.24) is 18.7 Å². The molecule has 0 aliphatic rings. The summed E-state index contributed by atoms with van der Waals surface area (Å²) < 4.78 is 8.28. The zero-order chi connectivity index (χ0) is 13.2. The molecule has 0 bridgehead atoms. The molecule has 2 aromatic heterocycles. The van der Waals surface area contributed by atoms with Gasteiger partial charge >= 0.3 is 0 Å². The lowest BCUT2D eigenvalue weighted by Gasteiger charge is -2.04. The van der Waals surface area contributed by atoms with Crippen molar-refractivity contribution in [2.45, 2.75) is 6.92 Å². The molecule has 0 saturated carbocycles. The van der Waals surface area contributed by atoms with Gasteiger partial charge in [-0.1, -0.05) is 6.07 Å². The summed E-state index contributed by atoms with van der Waals surface area (Å²) in [4.78, 5) is 20.1. The number of nitrogens with zero attached hydrogens (tertiary/aromatic N) is 4. The molecule has 2 heterocycles. The van der Waals surface area contributed by atoms with E-state index >= 15 is 0 Å². The quantitative estimate of drug-likeness (QED) is 0.771. The Hall–Kier alpha value is -2.41. The Morgan fingerprint density at radius 2 is 2.11 bits per heavy atom. The highest BCUT2D eigenvalue weighted by molar-refractivity contribution is 7.00. The van der Waals surface area contributed by atoms with Crippen LogP contribution in [0.1, 0.15) is 16.2 Å². The molecule has 1 amide bonds. The lowest BCUT2D eigenvalue weighted by molar-refractivity contribution is 0.102. The number of aryl methyl sites for hydroxylation is 1. The van der Waals surface area contributed by atoms with Crippen molar-refractivity contribution in [2.75, 3.05) is 5.32 Å². The van der Waals surface area contributed by atoms with Gasteiger partial charge in [0.2, 0.25) is 0 Å². The van der Waals surface area contributed by atoms with Crippen LogP contribution in [0.15, 0.2) is 30.6 Å². The fourth-order valence-corrected chi connectivity index (χ4v) is 2.15. The van der Waals surface area contributed by atoms with Crippen molar-refractivity contribution in [3.05, 3.63) is 42.0 Å². The molecule has 0 saturated heterocycles. The van der Waals surface area contributed by atoms with Crippen LogP contribution >= 0.6 is 11.7 Å². The second-order valence-corrected chi connectivity index (χ2v) is 4.46. The van der Waals surface area contributed by atoms with Gasteiger partial charge < -0.3 is 5.32 Å². The van der Waals surface area contributed by atoms with Gasteiger partial charge in [-0.25, -0.2) is 4.98 Å². The summed E-state index contributed by atoms with van der Waals surface area (Å²) in [6.07, 6.45) is 3.00. The van der Waals surface area contributed by atoms with Gasteiger partial charge in [0.25, 0.3) is 5.91 Å². The standard InChI is InChI=1S/C12H9N5OS/c1-7-5-14-10(6-13-7)12(18)15-8-3-2-4-9-11(8)17-19-16-9/h2-6H,1H3,(H,15,18). The molecular weight excluding hydrogens is 262 g/mol. The number of anilines is 1. The molecule has 0 spiro atoms. The summed E-state index contributed by atoms with van der Waals surface area (Å²) in [6, 6.07) is 5.45. The third kappa shape index (κ3) is 2.27. The third-order valence-corrected chi connectivity index (χ3v) is 3.09. The number of hydrogen-bond donors (Lipinski definition) is 1. The minimum atomic E-state index is -0.312. The monoisotopic (exact) mass is 271 g/mol. The first-order valence-corrected chi connectivity index (χ1v) is 6.28. The van der Waals surface area contributed by atoms with Crippen molar-refractivity contribution >= 4 is 34.4 Å². The number of carbonyl (C=O) groups is 1. The van der Waals surface area contributed by atoms with Gasteiger partial charge in [0.05, 0.1) is 29.3 Å². The second-order valence-electron chi connectivity index (χ2n) is 3.93. The van der Waals surface area contributed by atoms with E-state index in [4.69, 9.17) is 0 Å². The van der Waals surface area contributed by atoms with E-state index in [-0.39, 0.29) is 11.6 Å². The minimum Gasteiger partial charge on any atom is -0.319 e. The first-order chi connectivity index (χ1) is 9.24. The molecule has 0 radical (unpaired) electrons. The maximum Gasteiger partial charge on any atom is 0.275 e. The third-order valence-electron chi connectivity index (χ3n) is 2.55. The Balaban J connectivity index is 1.90. The Morgan fingerprint density at radius 3 is 2.89 bits per heavy atom. The second kappa shape index (κ2) is 4.69. The van der Waals surface area contributed by atoms with E-state index in [0.717, 1.165) is 22.9 Å². The average molecular weight is 271 g/mol. The van der Waals surface area contributed by atoms with Gasteiger partial charge in [-0.3, -0.25) is 9.78 Å². The van der Waals surface area contributed by atoms with Crippen LogP contribution in [0.25, 0.3) is 11.0 Å². The van der Waals surface area contributed by atoms with Crippen LogP contribution in [0.4, 0.5) is 5.69 Å². The van der Waals surface area contributed by atoms with Crippen molar-refractivity contribution in [3.63, 3.8) is 0 Å². The zero-order valence-corrected chi connectivity index (χ0v) is 10.8. The molecule has 0 aliphatic heterocycles. The molecule has 0 aliphatic carbocycles. The molecule has 0 fully saturated rings. The number of carbonyl (C=O) groups excluding carboxylic acids is 1. The molecule has 3 rings (SSSR count). The number of amides is 1. The first-order valence-electron chi connectivity index (χ1n) is 5.55. The highest BCUT2D eigenvalue weighted by atomic mass is 32.1. The number of rotatable bonds is 2.